The molecule has 27 heavy (non-hydrogen) atoms. The van der Waals surface area contributed by atoms with Crippen molar-refractivity contribution in [2.75, 3.05) is 13.7 Å². The molecule has 3 aromatic carbocycles. The van der Waals surface area contributed by atoms with Crippen molar-refractivity contribution in [2.24, 2.45) is 10.7 Å². The summed E-state index contributed by atoms with van der Waals surface area (Å²) in [4.78, 5) is 4.15. The van der Waals surface area contributed by atoms with Gasteiger partial charge in [-0.15, -0.1) is 0 Å². The van der Waals surface area contributed by atoms with Gasteiger partial charge in [0.15, 0.2) is 0 Å². The number of hydrogen-bond donors (Lipinski definition) is 1. The highest BCUT2D eigenvalue weighted by Crippen LogP contribution is 2.24. The first-order chi connectivity index (χ1) is 13.2. The standard InChI is InChI=1S/C12H9Cl.C10H12N2O2/c13-12-8-4-7-11(9-12)10-5-2-1-3-6-10;1-13-8-4-2-7(3-5-8)9-6-14-10(11)12-9/h1-9H;2-5,9H,6H2,1H3,(H2,11,12). The highest BCUT2D eigenvalue weighted by atomic mass is 35.5. The summed E-state index contributed by atoms with van der Waals surface area (Å²) in [5.41, 5.74) is 8.87. The number of halogens is 1. The first-order valence-corrected chi connectivity index (χ1v) is 8.94. The van der Waals surface area contributed by atoms with Crippen LogP contribution in [0.3, 0.4) is 0 Å². The summed E-state index contributed by atoms with van der Waals surface area (Å²) >= 11 is 5.89. The predicted octanol–water partition coefficient (Wildman–Crippen LogP) is 5.09. The Morgan fingerprint density at radius 1 is 0.963 bits per heavy atom. The lowest BCUT2D eigenvalue weighted by molar-refractivity contribution is 0.315. The molecular formula is C22H21ClN2O2. The highest BCUT2D eigenvalue weighted by molar-refractivity contribution is 6.30. The van der Waals surface area contributed by atoms with Crippen LogP contribution in [-0.4, -0.2) is 19.7 Å². The number of nitrogens with two attached hydrogens (primary N) is 1. The number of hydrogen-bond acceptors (Lipinski definition) is 4. The zero-order valence-electron chi connectivity index (χ0n) is 15.0. The maximum Gasteiger partial charge on any atom is 0.282 e. The van der Waals surface area contributed by atoms with Crippen LogP contribution in [0.15, 0.2) is 83.9 Å². The number of amidine groups is 1. The van der Waals surface area contributed by atoms with Crippen molar-refractivity contribution in [3.63, 3.8) is 0 Å². The van der Waals surface area contributed by atoms with E-state index < -0.39 is 0 Å². The molecule has 1 atom stereocenters. The zero-order valence-corrected chi connectivity index (χ0v) is 15.8. The first-order valence-electron chi connectivity index (χ1n) is 8.56. The third-order valence-electron chi connectivity index (χ3n) is 4.10. The smallest absolute Gasteiger partial charge is 0.282 e. The molecule has 5 heteroatoms. The minimum absolute atomic E-state index is 0.0286. The van der Waals surface area contributed by atoms with Gasteiger partial charge in [0.2, 0.25) is 0 Å². The number of methoxy groups -OCH3 is 1. The largest absolute Gasteiger partial charge is 0.497 e. The molecule has 0 radical (unpaired) electrons. The molecule has 1 aliphatic rings. The number of rotatable bonds is 3. The average Bonchev–Trinajstić information content (AvgIpc) is 3.16. The zero-order chi connectivity index (χ0) is 19.1. The third kappa shape index (κ3) is 5.25. The fourth-order valence-electron chi connectivity index (χ4n) is 2.69. The normalized spacial score (nSPS) is 15.2. The lowest BCUT2D eigenvalue weighted by atomic mass is 10.1. The van der Waals surface area contributed by atoms with Gasteiger partial charge in [-0.05, 0) is 41.0 Å². The van der Waals surface area contributed by atoms with E-state index in [1.807, 2.05) is 60.7 Å². The number of aliphatic imine (C=N–C) groups is 1. The molecule has 0 aromatic heterocycles. The van der Waals surface area contributed by atoms with Crippen molar-refractivity contribution in [1.82, 2.24) is 0 Å². The number of benzene rings is 3. The van der Waals surface area contributed by atoms with Crippen molar-refractivity contribution in [1.29, 1.82) is 0 Å². The Morgan fingerprint density at radius 2 is 1.67 bits per heavy atom. The molecule has 0 bridgehead atoms. The SMILES string of the molecule is COc1ccc(C2COC(N)=N2)cc1.Clc1cccc(-c2ccccc2)c1. The summed E-state index contributed by atoms with van der Waals surface area (Å²) in [5.74, 6) is 0.838. The Morgan fingerprint density at radius 3 is 2.26 bits per heavy atom. The van der Waals surface area contributed by atoms with Crippen LogP contribution in [0.1, 0.15) is 11.6 Å². The topological polar surface area (TPSA) is 56.8 Å². The first kappa shape index (κ1) is 18.8. The van der Waals surface area contributed by atoms with Gasteiger partial charge in [0.1, 0.15) is 18.4 Å². The molecule has 2 N–H and O–H groups in total. The molecule has 0 saturated carbocycles. The van der Waals surface area contributed by atoms with Gasteiger partial charge >= 0.3 is 0 Å². The van der Waals surface area contributed by atoms with Crippen molar-refractivity contribution >= 4 is 17.6 Å². The van der Waals surface area contributed by atoms with Crippen LogP contribution in [0.25, 0.3) is 11.1 Å². The second kappa shape index (κ2) is 9.10. The summed E-state index contributed by atoms with van der Waals surface area (Å²) in [6, 6.07) is 26.1. The van der Waals surface area contributed by atoms with Gasteiger partial charge in [0, 0.05) is 5.02 Å². The van der Waals surface area contributed by atoms with E-state index in [1.54, 1.807) is 7.11 Å². The molecule has 138 valence electrons. The van der Waals surface area contributed by atoms with Crippen molar-refractivity contribution in [2.45, 2.75) is 6.04 Å². The molecule has 1 aliphatic heterocycles. The molecule has 1 heterocycles. The second-order valence-corrected chi connectivity index (χ2v) is 6.38. The quantitative estimate of drug-likeness (QED) is 0.688. The van der Waals surface area contributed by atoms with Gasteiger partial charge in [0.25, 0.3) is 6.02 Å². The molecule has 0 fully saturated rings. The van der Waals surface area contributed by atoms with Gasteiger partial charge < -0.3 is 15.2 Å². The van der Waals surface area contributed by atoms with Crippen molar-refractivity contribution in [3.05, 3.63) is 89.4 Å². The van der Waals surface area contributed by atoms with Crippen molar-refractivity contribution in [3.8, 4) is 16.9 Å². The fraction of sp³-hybridized carbons (Fsp3) is 0.136. The van der Waals surface area contributed by atoms with Crippen LogP contribution >= 0.6 is 11.6 Å². The maximum atomic E-state index is 5.89. The molecule has 0 spiro atoms. The number of nitrogens with zero attached hydrogens (tertiary/aromatic N) is 1. The van der Waals surface area contributed by atoms with Gasteiger partial charge in [0.05, 0.1) is 7.11 Å². The Balaban J connectivity index is 0.000000156. The molecule has 4 rings (SSSR count). The average molecular weight is 381 g/mol. The van der Waals surface area contributed by atoms with Crippen molar-refractivity contribution < 1.29 is 9.47 Å². The summed E-state index contributed by atoms with van der Waals surface area (Å²) < 4.78 is 10.1. The van der Waals surface area contributed by atoms with Crippen LogP contribution in [0.2, 0.25) is 5.02 Å². The van der Waals surface area contributed by atoms with E-state index in [0.717, 1.165) is 21.9 Å². The third-order valence-corrected chi connectivity index (χ3v) is 4.34. The second-order valence-electron chi connectivity index (χ2n) is 5.94. The molecule has 0 amide bonds. The van der Waals surface area contributed by atoms with E-state index in [4.69, 9.17) is 26.8 Å². The minimum Gasteiger partial charge on any atom is -0.497 e. The summed E-state index contributed by atoms with van der Waals surface area (Å²) in [7, 11) is 1.64. The van der Waals surface area contributed by atoms with E-state index in [2.05, 4.69) is 23.2 Å². The predicted molar refractivity (Wildman–Crippen MR) is 110 cm³/mol. The molecule has 4 nitrogen and oxygen atoms in total. The molecule has 3 aromatic rings. The van der Waals surface area contributed by atoms with Gasteiger partial charge in [-0.25, -0.2) is 4.99 Å². The maximum absolute atomic E-state index is 5.89. The molecule has 1 unspecified atom stereocenters. The summed E-state index contributed by atoms with van der Waals surface area (Å²) in [5, 5.41) is 0.779. The Bertz CT molecular complexity index is 896. The summed E-state index contributed by atoms with van der Waals surface area (Å²) in [6.45, 7) is 0.526. The minimum atomic E-state index is 0.0286. The number of ether oxygens (including phenoxy) is 2. The lowest BCUT2D eigenvalue weighted by Crippen LogP contribution is -2.10. The van der Waals surface area contributed by atoms with Crippen LogP contribution < -0.4 is 10.5 Å². The van der Waals surface area contributed by atoms with E-state index in [0.29, 0.717) is 6.61 Å². The molecule has 0 aliphatic carbocycles. The van der Waals surface area contributed by atoms with E-state index in [1.165, 1.54) is 5.56 Å². The Labute approximate surface area is 164 Å². The molecule has 0 saturated heterocycles. The van der Waals surface area contributed by atoms with Crippen LogP contribution in [-0.2, 0) is 4.74 Å². The van der Waals surface area contributed by atoms with Crippen LogP contribution in [0.4, 0.5) is 0 Å². The van der Waals surface area contributed by atoms with Crippen LogP contribution in [0, 0.1) is 0 Å². The Hall–Kier alpha value is -2.98. The lowest BCUT2D eigenvalue weighted by Gasteiger charge is -2.05. The highest BCUT2D eigenvalue weighted by Gasteiger charge is 2.18. The monoisotopic (exact) mass is 380 g/mol. The van der Waals surface area contributed by atoms with E-state index in [9.17, 15) is 0 Å². The van der Waals surface area contributed by atoms with Crippen LogP contribution in [0.5, 0.6) is 5.75 Å². The summed E-state index contributed by atoms with van der Waals surface area (Å²) in [6.07, 6.45) is 0. The fourth-order valence-corrected chi connectivity index (χ4v) is 2.88. The Kier molecular flexibility index (Phi) is 6.34. The molecular weight excluding hydrogens is 360 g/mol. The van der Waals surface area contributed by atoms with Gasteiger partial charge in [-0.3, -0.25) is 0 Å². The van der Waals surface area contributed by atoms with Gasteiger partial charge in [-0.1, -0.05) is 66.2 Å². The van der Waals surface area contributed by atoms with E-state index in [-0.39, 0.29) is 12.1 Å². The van der Waals surface area contributed by atoms with E-state index >= 15 is 0 Å². The van der Waals surface area contributed by atoms with Gasteiger partial charge in [-0.2, -0.15) is 0 Å².